The number of halogens is 1. The fraction of sp³-hybridized carbons (Fsp3) is 0.190. The fourth-order valence-electron chi connectivity index (χ4n) is 2.96. The van der Waals surface area contributed by atoms with E-state index in [1.54, 1.807) is 36.4 Å². The molecule has 1 amide bonds. The van der Waals surface area contributed by atoms with Gasteiger partial charge in [0.2, 0.25) is 0 Å². The molecule has 3 aromatic rings. The van der Waals surface area contributed by atoms with Gasteiger partial charge in [-0.1, -0.05) is 17.7 Å². The van der Waals surface area contributed by atoms with Crippen molar-refractivity contribution in [2.45, 2.75) is 25.8 Å². The molecule has 0 bridgehead atoms. The minimum atomic E-state index is -0.235. The summed E-state index contributed by atoms with van der Waals surface area (Å²) in [6.45, 7) is 1.90. The SMILES string of the molecule is Cc1ccc(C(=O)NC2CC2)cc1-n1ncc(C(=O)c2ccc(Cl)cc2)c1N. The Morgan fingerprint density at radius 3 is 2.50 bits per heavy atom. The molecular weight excluding hydrogens is 376 g/mol. The molecule has 1 heterocycles. The minimum Gasteiger partial charge on any atom is -0.383 e. The van der Waals surface area contributed by atoms with Crippen molar-refractivity contribution in [1.29, 1.82) is 0 Å². The highest BCUT2D eigenvalue weighted by Crippen LogP contribution is 2.25. The molecule has 142 valence electrons. The van der Waals surface area contributed by atoms with Crippen molar-refractivity contribution < 1.29 is 9.59 Å². The van der Waals surface area contributed by atoms with Crippen LogP contribution in [-0.4, -0.2) is 27.5 Å². The zero-order chi connectivity index (χ0) is 19.8. The number of nitrogens with zero attached hydrogens (tertiary/aromatic N) is 2. The van der Waals surface area contributed by atoms with Gasteiger partial charge in [0.25, 0.3) is 5.91 Å². The number of nitrogen functional groups attached to an aromatic ring is 1. The molecule has 1 aromatic heterocycles. The van der Waals surface area contributed by atoms with Crippen LogP contribution in [0.25, 0.3) is 5.69 Å². The van der Waals surface area contributed by atoms with Crippen LogP contribution in [-0.2, 0) is 0 Å². The zero-order valence-corrected chi connectivity index (χ0v) is 16.0. The van der Waals surface area contributed by atoms with Crippen LogP contribution in [0.5, 0.6) is 0 Å². The molecule has 1 aliphatic rings. The van der Waals surface area contributed by atoms with Crippen molar-refractivity contribution >= 4 is 29.1 Å². The second kappa shape index (κ2) is 7.13. The van der Waals surface area contributed by atoms with Gasteiger partial charge in [-0.3, -0.25) is 9.59 Å². The number of amides is 1. The van der Waals surface area contributed by atoms with E-state index in [2.05, 4.69) is 10.4 Å². The highest BCUT2D eigenvalue weighted by Gasteiger charge is 2.24. The lowest BCUT2D eigenvalue weighted by Gasteiger charge is -2.11. The van der Waals surface area contributed by atoms with Gasteiger partial charge in [-0.25, -0.2) is 4.68 Å². The third kappa shape index (κ3) is 3.51. The average molecular weight is 395 g/mol. The summed E-state index contributed by atoms with van der Waals surface area (Å²) in [4.78, 5) is 25.1. The first-order chi connectivity index (χ1) is 13.4. The molecule has 4 rings (SSSR count). The summed E-state index contributed by atoms with van der Waals surface area (Å²) in [7, 11) is 0. The highest BCUT2D eigenvalue weighted by atomic mass is 35.5. The highest BCUT2D eigenvalue weighted by molar-refractivity contribution is 6.30. The fourth-order valence-corrected chi connectivity index (χ4v) is 3.08. The predicted molar refractivity (Wildman–Crippen MR) is 108 cm³/mol. The monoisotopic (exact) mass is 394 g/mol. The quantitative estimate of drug-likeness (QED) is 0.647. The topological polar surface area (TPSA) is 90.0 Å². The van der Waals surface area contributed by atoms with Crippen LogP contribution in [0.15, 0.2) is 48.7 Å². The van der Waals surface area contributed by atoms with E-state index < -0.39 is 0 Å². The van der Waals surface area contributed by atoms with Gasteiger partial charge in [-0.15, -0.1) is 0 Å². The Morgan fingerprint density at radius 2 is 1.82 bits per heavy atom. The van der Waals surface area contributed by atoms with Gasteiger partial charge in [-0.05, 0) is 61.7 Å². The lowest BCUT2D eigenvalue weighted by atomic mass is 10.1. The van der Waals surface area contributed by atoms with Crippen molar-refractivity contribution in [3.63, 3.8) is 0 Å². The molecule has 1 saturated carbocycles. The van der Waals surface area contributed by atoms with Crippen LogP contribution in [0.1, 0.15) is 44.7 Å². The van der Waals surface area contributed by atoms with Crippen LogP contribution < -0.4 is 11.1 Å². The Balaban J connectivity index is 1.67. The number of anilines is 1. The van der Waals surface area contributed by atoms with Crippen molar-refractivity contribution in [3.8, 4) is 5.69 Å². The predicted octanol–water partition coefficient (Wildman–Crippen LogP) is 3.54. The summed E-state index contributed by atoms with van der Waals surface area (Å²) in [6, 6.07) is 12.2. The maximum Gasteiger partial charge on any atom is 0.251 e. The Bertz CT molecular complexity index is 1070. The summed E-state index contributed by atoms with van der Waals surface area (Å²) < 4.78 is 1.49. The second-order valence-corrected chi connectivity index (χ2v) is 7.38. The number of carbonyl (C=O) groups excluding carboxylic acids is 2. The summed E-state index contributed by atoms with van der Waals surface area (Å²) in [5, 5.41) is 7.82. The van der Waals surface area contributed by atoms with E-state index in [1.165, 1.54) is 10.9 Å². The number of aromatic nitrogens is 2. The number of hydrogen-bond donors (Lipinski definition) is 2. The van der Waals surface area contributed by atoms with Crippen LogP contribution in [0.4, 0.5) is 5.82 Å². The van der Waals surface area contributed by atoms with Crippen LogP contribution >= 0.6 is 11.6 Å². The molecule has 0 unspecified atom stereocenters. The Morgan fingerprint density at radius 1 is 1.14 bits per heavy atom. The summed E-state index contributed by atoms with van der Waals surface area (Å²) in [5.74, 6) is -0.129. The average Bonchev–Trinajstić information content (AvgIpc) is 3.42. The first-order valence-corrected chi connectivity index (χ1v) is 9.37. The Hall–Kier alpha value is -3.12. The summed E-state index contributed by atoms with van der Waals surface area (Å²) in [6.07, 6.45) is 3.49. The lowest BCUT2D eigenvalue weighted by molar-refractivity contribution is 0.0950. The van der Waals surface area contributed by atoms with Crippen LogP contribution in [0.2, 0.25) is 5.02 Å². The van der Waals surface area contributed by atoms with Gasteiger partial charge < -0.3 is 11.1 Å². The zero-order valence-electron chi connectivity index (χ0n) is 15.3. The van der Waals surface area contributed by atoms with E-state index in [-0.39, 0.29) is 23.6 Å². The molecule has 1 fully saturated rings. The number of rotatable bonds is 5. The maximum atomic E-state index is 12.8. The van der Waals surface area contributed by atoms with E-state index in [0.717, 1.165) is 18.4 Å². The maximum absolute atomic E-state index is 12.8. The molecule has 0 spiro atoms. The molecule has 3 N–H and O–H groups in total. The van der Waals surface area contributed by atoms with E-state index >= 15 is 0 Å². The largest absolute Gasteiger partial charge is 0.383 e. The molecule has 1 aliphatic carbocycles. The van der Waals surface area contributed by atoms with Crippen molar-refractivity contribution in [3.05, 3.63) is 75.9 Å². The van der Waals surface area contributed by atoms with E-state index in [1.807, 2.05) is 13.0 Å². The lowest BCUT2D eigenvalue weighted by Crippen LogP contribution is -2.25. The second-order valence-electron chi connectivity index (χ2n) is 6.94. The van der Waals surface area contributed by atoms with Gasteiger partial charge in [-0.2, -0.15) is 5.10 Å². The molecule has 7 heteroatoms. The van der Waals surface area contributed by atoms with Gasteiger partial charge in [0.1, 0.15) is 5.82 Å². The smallest absolute Gasteiger partial charge is 0.251 e. The number of nitrogens with two attached hydrogens (primary N) is 1. The van der Waals surface area contributed by atoms with E-state index in [9.17, 15) is 9.59 Å². The molecule has 2 aromatic carbocycles. The number of hydrogen-bond acceptors (Lipinski definition) is 4. The van der Waals surface area contributed by atoms with Crippen LogP contribution in [0, 0.1) is 6.92 Å². The number of ketones is 1. The van der Waals surface area contributed by atoms with E-state index in [4.69, 9.17) is 17.3 Å². The number of carbonyl (C=O) groups is 2. The third-order valence-corrected chi connectivity index (χ3v) is 5.02. The first kappa shape index (κ1) is 18.3. The normalized spacial score (nSPS) is 13.4. The van der Waals surface area contributed by atoms with Crippen LogP contribution in [0.3, 0.4) is 0 Å². The number of aryl methyl sites for hydroxylation is 1. The molecule has 6 nitrogen and oxygen atoms in total. The Labute approximate surface area is 167 Å². The standard InChI is InChI=1S/C21H19ClN4O2/c1-12-2-3-14(21(28)25-16-8-9-16)10-18(12)26-20(23)17(11-24-26)19(27)13-4-6-15(22)7-5-13/h2-7,10-11,16H,8-9,23H2,1H3,(H,25,28). The van der Waals surface area contributed by atoms with Crippen molar-refractivity contribution in [2.75, 3.05) is 5.73 Å². The third-order valence-electron chi connectivity index (χ3n) is 4.77. The Kier molecular flexibility index (Phi) is 4.65. The van der Waals surface area contributed by atoms with Gasteiger partial charge in [0.05, 0.1) is 17.4 Å². The molecule has 28 heavy (non-hydrogen) atoms. The molecule has 0 saturated heterocycles. The molecule has 0 radical (unpaired) electrons. The first-order valence-electron chi connectivity index (χ1n) is 8.99. The summed E-state index contributed by atoms with van der Waals surface area (Å²) >= 11 is 5.89. The van der Waals surface area contributed by atoms with Crippen molar-refractivity contribution in [1.82, 2.24) is 15.1 Å². The number of benzene rings is 2. The summed E-state index contributed by atoms with van der Waals surface area (Å²) in [5.41, 5.74) is 9.11. The molecular formula is C21H19ClN4O2. The molecule has 0 atom stereocenters. The van der Waals surface area contributed by atoms with Gasteiger partial charge in [0, 0.05) is 22.2 Å². The van der Waals surface area contributed by atoms with Gasteiger partial charge >= 0.3 is 0 Å². The van der Waals surface area contributed by atoms with E-state index in [0.29, 0.717) is 27.4 Å². The van der Waals surface area contributed by atoms with Gasteiger partial charge in [0.15, 0.2) is 5.78 Å². The number of nitrogens with one attached hydrogen (secondary N) is 1. The molecule has 0 aliphatic heterocycles. The van der Waals surface area contributed by atoms with Crippen molar-refractivity contribution in [2.24, 2.45) is 0 Å². The minimum absolute atomic E-state index is 0.119.